The van der Waals surface area contributed by atoms with Gasteiger partial charge in [0.1, 0.15) is 0 Å². The number of hydrogen-bond acceptors (Lipinski definition) is 1. The topological polar surface area (TPSA) is 17.0 Å². The molecule has 1 aliphatic carbocycles. The molecule has 0 amide bonds. The number of rotatable bonds is 2. The van der Waals surface area contributed by atoms with E-state index in [1.54, 1.807) is 0 Å². The van der Waals surface area contributed by atoms with Crippen LogP contribution in [-0.4, -0.2) is 4.68 Å². The molecule has 0 radical (unpaired) electrons. The monoisotopic (exact) mass is 212 g/mol. The van der Waals surface area contributed by atoms with Gasteiger partial charge in [0.15, 0.2) is 0 Å². The molecule has 1 aliphatic rings. The normalized spacial score (nSPS) is 19.1. The van der Waals surface area contributed by atoms with Crippen molar-refractivity contribution in [2.75, 3.05) is 5.43 Å². The van der Waals surface area contributed by atoms with E-state index in [9.17, 15) is 0 Å². The second-order valence-electron chi connectivity index (χ2n) is 4.36. The average Bonchev–Trinajstić information content (AvgIpc) is 2.82. The summed E-state index contributed by atoms with van der Waals surface area (Å²) in [6, 6.07) is 13.3. The third-order valence-corrected chi connectivity index (χ3v) is 3.28. The van der Waals surface area contributed by atoms with Crippen molar-refractivity contribution in [3.63, 3.8) is 0 Å². The van der Waals surface area contributed by atoms with E-state index in [4.69, 9.17) is 0 Å². The third-order valence-electron chi connectivity index (χ3n) is 3.28. The van der Waals surface area contributed by atoms with Crippen molar-refractivity contribution in [2.24, 2.45) is 0 Å². The number of aryl methyl sites for hydroxylation is 1. The standard InChI is InChI=1S/C14H16N2/c1-2-8-13-12(6-1)7-5-9-14(13)15-16-10-3-4-11-16/h1-4,6,8,10-11,14-15H,5,7,9H2. The highest BCUT2D eigenvalue weighted by molar-refractivity contribution is 5.33. The Morgan fingerprint density at radius 2 is 1.88 bits per heavy atom. The molecule has 0 saturated carbocycles. The van der Waals surface area contributed by atoms with Gasteiger partial charge in [-0.25, -0.2) is 0 Å². The Morgan fingerprint density at radius 1 is 1.06 bits per heavy atom. The van der Waals surface area contributed by atoms with Crippen molar-refractivity contribution in [3.8, 4) is 0 Å². The van der Waals surface area contributed by atoms with E-state index in [2.05, 4.69) is 42.1 Å². The van der Waals surface area contributed by atoms with E-state index in [0.717, 1.165) is 0 Å². The molecule has 1 N–H and O–H groups in total. The second-order valence-corrected chi connectivity index (χ2v) is 4.36. The molecule has 3 rings (SSSR count). The summed E-state index contributed by atoms with van der Waals surface area (Å²) >= 11 is 0. The predicted octanol–water partition coefficient (Wildman–Crippen LogP) is 3.11. The number of hydrogen-bond donors (Lipinski definition) is 1. The minimum absolute atomic E-state index is 0.456. The van der Waals surface area contributed by atoms with Gasteiger partial charge in [0.25, 0.3) is 0 Å². The number of nitrogens with zero attached hydrogens (tertiary/aromatic N) is 1. The van der Waals surface area contributed by atoms with Crippen molar-refractivity contribution in [1.29, 1.82) is 0 Å². The van der Waals surface area contributed by atoms with Crippen LogP contribution in [0.15, 0.2) is 48.8 Å². The Labute approximate surface area is 95.9 Å². The molecule has 1 unspecified atom stereocenters. The Morgan fingerprint density at radius 3 is 2.75 bits per heavy atom. The van der Waals surface area contributed by atoms with E-state index in [-0.39, 0.29) is 0 Å². The molecule has 2 nitrogen and oxygen atoms in total. The lowest BCUT2D eigenvalue weighted by molar-refractivity contribution is 0.556. The van der Waals surface area contributed by atoms with Crippen molar-refractivity contribution in [2.45, 2.75) is 25.3 Å². The van der Waals surface area contributed by atoms with Crippen LogP contribution in [0.25, 0.3) is 0 Å². The Kier molecular flexibility index (Phi) is 2.41. The van der Waals surface area contributed by atoms with Crippen molar-refractivity contribution >= 4 is 0 Å². The highest BCUT2D eigenvalue weighted by atomic mass is 15.4. The van der Waals surface area contributed by atoms with Gasteiger partial charge in [-0.15, -0.1) is 0 Å². The first-order chi connectivity index (χ1) is 7.93. The lowest BCUT2D eigenvalue weighted by Gasteiger charge is -2.27. The van der Waals surface area contributed by atoms with Crippen molar-refractivity contribution < 1.29 is 0 Å². The van der Waals surface area contributed by atoms with Gasteiger partial charge in [-0.1, -0.05) is 24.3 Å². The molecule has 82 valence electrons. The average molecular weight is 212 g/mol. The molecule has 0 fully saturated rings. The SMILES string of the molecule is c1ccc2c(c1)CCCC2Nn1cccc1. The first-order valence-electron chi connectivity index (χ1n) is 5.91. The maximum absolute atomic E-state index is 3.53. The highest BCUT2D eigenvalue weighted by Gasteiger charge is 2.19. The van der Waals surface area contributed by atoms with Crippen LogP contribution in [0.4, 0.5) is 0 Å². The molecule has 0 aliphatic heterocycles. The van der Waals surface area contributed by atoms with E-state index < -0.39 is 0 Å². The zero-order valence-corrected chi connectivity index (χ0v) is 9.26. The van der Waals surface area contributed by atoms with E-state index in [1.165, 1.54) is 30.4 Å². The predicted molar refractivity (Wildman–Crippen MR) is 65.9 cm³/mol. The lowest BCUT2D eigenvalue weighted by atomic mass is 9.88. The molecule has 0 saturated heterocycles. The van der Waals surface area contributed by atoms with Crippen LogP contribution in [0.2, 0.25) is 0 Å². The van der Waals surface area contributed by atoms with E-state index in [1.807, 2.05) is 16.8 Å². The van der Waals surface area contributed by atoms with Gasteiger partial charge in [-0.2, -0.15) is 0 Å². The molecule has 1 atom stereocenters. The summed E-state index contributed by atoms with van der Waals surface area (Å²) in [6.07, 6.45) is 7.82. The molecule has 2 heteroatoms. The summed E-state index contributed by atoms with van der Waals surface area (Å²) in [6.45, 7) is 0. The zero-order valence-electron chi connectivity index (χ0n) is 9.26. The molecule has 1 aromatic heterocycles. The van der Waals surface area contributed by atoms with E-state index in [0.29, 0.717) is 6.04 Å². The first-order valence-corrected chi connectivity index (χ1v) is 5.91. The molecule has 16 heavy (non-hydrogen) atoms. The molecule has 1 heterocycles. The van der Waals surface area contributed by atoms with Crippen LogP contribution < -0.4 is 5.43 Å². The fourth-order valence-electron chi connectivity index (χ4n) is 2.49. The maximum atomic E-state index is 3.53. The van der Waals surface area contributed by atoms with Crippen LogP contribution >= 0.6 is 0 Å². The van der Waals surface area contributed by atoms with Gasteiger partial charge in [0.05, 0.1) is 6.04 Å². The summed E-state index contributed by atoms with van der Waals surface area (Å²) in [4.78, 5) is 0. The van der Waals surface area contributed by atoms with Gasteiger partial charge in [0.2, 0.25) is 0 Å². The Hall–Kier alpha value is -1.70. The fraction of sp³-hybridized carbons (Fsp3) is 0.286. The quantitative estimate of drug-likeness (QED) is 0.809. The van der Waals surface area contributed by atoms with Gasteiger partial charge >= 0.3 is 0 Å². The van der Waals surface area contributed by atoms with Crippen molar-refractivity contribution in [3.05, 3.63) is 59.9 Å². The van der Waals surface area contributed by atoms with Crippen molar-refractivity contribution in [1.82, 2.24) is 4.68 Å². The van der Waals surface area contributed by atoms with Crippen LogP contribution in [-0.2, 0) is 6.42 Å². The summed E-state index contributed by atoms with van der Waals surface area (Å²) in [5.41, 5.74) is 6.49. The van der Waals surface area contributed by atoms with Gasteiger partial charge < -0.3 is 5.43 Å². The molecular formula is C14H16N2. The van der Waals surface area contributed by atoms with Gasteiger partial charge in [-0.3, -0.25) is 4.68 Å². The molecule has 2 aromatic rings. The molecule has 1 aromatic carbocycles. The minimum Gasteiger partial charge on any atom is -0.319 e. The molecular weight excluding hydrogens is 196 g/mol. The number of fused-ring (bicyclic) bond motifs is 1. The first kappa shape index (κ1) is 9.52. The Bertz CT molecular complexity index is 459. The Balaban J connectivity index is 1.87. The van der Waals surface area contributed by atoms with Gasteiger partial charge in [0, 0.05) is 12.4 Å². The highest BCUT2D eigenvalue weighted by Crippen LogP contribution is 2.29. The van der Waals surface area contributed by atoms with Crippen LogP contribution in [0.5, 0.6) is 0 Å². The molecule has 0 bridgehead atoms. The summed E-state index contributed by atoms with van der Waals surface area (Å²) in [7, 11) is 0. The fourth-order valence-corrected chi connectivity index (χ4v) is 2.49. The molecule has 0 spiro atoms. The number of nitrogens with one attached hydrogen (secondary N) is 1. The third kappa shape index (κ3) is 1.71. The van der Waals surface area contributed by atoms with Crippen LogP contribution in [0.1, 0.15) is 30.0 Å². The number of benzene rings is 1. The second kappa shape index (κ2) is 4.05. The van der Waals surface area contributed by atoms with Crippen LogP contribution in [0, 0.1) is 0 Å². The summed E-state index contributed by atoms with van der Waals surface area (Å²) < 4.78 is 2.05. The largest absolute Gasteiger partial charge is 0.319 e. The smallest absolute Gasteiger partial charge is 0.0676 e. The summed E-state index contributed by atoms with van der Waals surface area (Å²) in [5.74, 6) is 0. The van der Waals surface area contributed by atoms with E-state index >= 15 is 0 Å². The van der Waals surface area contributed by atoms with Gasteiger partial charge in [-0.05, 0) is 42.5 Å². The number of aromatic nitrogens is 1. The lowest BCUT2D eigenvalue weighted by Crippen LogP contribution is -2.23. The van der Waals surface area contributed by atoms with Crippen LogP contribution in [0.3, 0.4) is 0 Å². The maximum Gasteiger partial charge on any atom is 0.0676 e. The summed E-state index contributed by atoms with van der Waals surface area (Å²) in [5, 5.41) is 0. The minimum atomic E-state index is 0.456. The zero-order chi connectivity index (χ0) is 10.8.